The van der Waals surface area contributed by atoms with Crippen LogP contribution in [0.5, 0.6) is 11.5 Å². The third-order valence-electron chi connectivity index (χ3n) is 5.73. The number of nitrogens with zero attached hydrogens (tertiary/aromatic N) is 1. The average Bonchev–Trinajstić information content (AvgIpc) is 3.29. The van der Waals surface area contributed by atoms with E-state index in [0.717, 1.165) is 17.2 Å². The van der Waals surface area contributed by atoms with Crippen molar-refractivity contribution < 1.29 is 37.0 Å². The Morgan fingerprint density at radius 2 is 1.89 bits per heavy atom. The van der Waals surface area contributed by atoms with Crippen molar-refractivity contribution in [2.45, 2.75) is 51.5 Å². The monoisotopic (exact) mass is 532 g/mol. The summed E-state index contributed by atoms with van der Waals surface area (Å²) in [5, 5.41) is 11.8. The van der Waals surface area contributed by atoms with E-state index < -0.39 is 30.0 Å². The van der Waals surface area contributed by atoms with Crippen LogP contribution in [0.25, 0.3) is 0 Å². The highest BCUT2D eigenvalue weighted by molar-refractivity contribution is 5.94. The summed E-state index contributed by atoms with van der Waals surface area (Å²) in [5.41, 5.74) is -0.376. The molecule has 1 aromatic heterocycles. The maximum Gasteiger partial charge on any atom is 0.416 e. The minimum Gasteiger partial charge on any atom is -0.493 e. The summed E-state index contributed by atoms with van der Waals surface area (Å²) in [6.07, 6.45) is -3.72. The van der Waals surface area contributed by atoms with Crippen LogP contribution in [0.2, 0.25) is 0 Å². The zero-order valence-corrected chi connectivity index (χ0v) is 21.2. The first-order valence-corrected chi connectivity index (χ1v) is 11.7. The summed E-state index contributed by atoms with van der Waals surface area (Å²) < 4.78 is 57.7. The Kier molecular flexibility index (Phi) is 7.25. The van der Waals surface area contributed by atoms with Gasteiger partial charge in [0, 0.05) is 29.2 Å². The number of aromatic amines is 1. The predicted molar refractivity (Wildman–Crippen MR) is 132 cm³/mol. The van der Waals surface area contributed by atoms with E-state index in [-0.39, 0.29) is 35.2 Å². The number of alkyl halides is 3. The van der Waals surface area contributed by atoms with Gasteiger partial charge in [-0.1, -0.05) is 12.1 Å². The van der Waals surface area contributed by atoms with E-state index in [1.165, 1.54) is 19.2 Å². The van der Waals surface area contributed by atoms with Crippen LogP contribution >= 0.6 is 0 Å². The standard InChI is InChI=1S/C26H27F3N4O5/c1-25(2,3)38-24(35)31-16-7-5-15(19(10-16)26(27,28)29)13-37-20-8-6-14(9-21(20)36-4)17-11-22(34)32-23-18(17)12-30-33-23/h5-10,12,17H,11,13H2,1-4H3,(H,31,35)(H2,30,32,33,34). The predicted octanol–water partition coefficient (Wildman–Crippen LogP) is 5.84. The van der Waals surface area contributed by atoms with Crippen molar-refractivity contribution in [2.24, 2.45) is 0 Å². The first kappa shape index (κ1) is 26.8. The van der Waals surface area contributed by atoms with Crippen LogP contribution in [0.4, 0.5) is 29.5 Å². The van der Waals surface area contributed by atoms with Crippen LogP contribution in [-0.2, 0) is 22.3 Å². The second-order valence-corrected chi connectivity index (χ2v) is 9.70. The molecule has 0 radical (unpaired) electrons. The Hall–Kier alpha value is -4.22. The second kappa shape index (κ2) is 10.3. The molecule has 1 aliphatic heterocycles. The van der Waals surface area contributed by atoms with Crippen LogP contribution in [0.3, 0.4) is 0 Å². The number of anilines is 2. The van der Waals surface area contributed by atoms with Gasteiger partial charge in [0.2, 0.25) is 5.91 Å². The molecule has 4 rings (SSSR count). The lowest BCUT2D eigenvalue weighted by molar-refractivity contribution is -0.138. The maximum atomic E-state index is 13.8. The zero-order valence-electron chi connectivity index (χ0n) is 21.2. The van der Waals surface area contributed by atoms with Gasteiger partial charge < -0.3 is 19.5 Å². The number of aromatic nitrogens is 2. The Bertz CT molecular complexity index is 1350. The van der Waals surface area contributed by atoms with Crippen molar-refractivity contribution >= 4 is 23.5 Å². The van der Waals surface area contributed by atoms with E-state index in [0.29, 0.717) is 11.6 Å². The Labute approximate surface area is 216 Å². The normalized spacial score (nSPS) is 15.3. The number of benzene rings is 2. The first-order valence-electron chi connectivity index (χ1n) is 11.7. The Balaban J connectivity index is 1.53. The van der Waals surface area contributed by atoms with Crippen molar-refractivity contribution in [1.82, 2.24) is 10.2 Å². The number of carbonyl (C=O) groups excluding carboxylic acids is 2. The lowest BCUT2D eigenvalue weighted by atomic mass is 9.87. The van der Waals surface area contributed by atoms with Gasteiger partial charge in [0.05, 0.1) is 18.9 Å². The molecule has 1 unspecified atom stereocenters. The van der Waals surface area contributed by atoms with Crippen LogP contribution in [0.15, 0.2) is 42.6 Å². The fourth-order valence-corrected chi connectivity index (χ4v) is 4.08. The molecule has 1 aliphatic rings. The van der Waals surface area contributed by atoms with Crippen LogP contribution in [-0.4, -0.2) is 34.9 Å². The van der Waals surface area contributed by atoms with Crippen LogP contribution in [0.1, 0.15) is 55.4 Å². The highest BCUT2D eigenvalue weighted by Crippen LogP contribution is 2.40. The highest BCUT2D eigenvalue weighted by Gasteiger charge is 2.34. The average molecular weight is 533 g/mol. The number of rotatable bonds is 6. The molecule has 0 bridgehead atoms. The number of H-pyrrole nitrogens is 1. The molecular formula is C26H27F3N4O5. The molecule has 0 fully saturated rings. The first-order chi connectivity index (χ1) is 17.8. The smallest absolute Gasteiger partial charge is 0.416 e. The number of halogens is 3. The lowest BCUT2D eigenvalue weighted by Crippen LogP contribution is -2.27. The molecule has 0 saturated carbocycles. The fourth-order valence-electron chi connectivity index (χ4n) is 4.08. The highest BCUT2D eigenvalue weighted by atomic mass is 19.4. The van der Waals surface area contributed by atoms with E-state index in [4.69, 9.17) is 14.2 Å². The van der Waals surface area contributed by atoms with Crippen molar-refractivity contribution in [3.8, 4) is 11.5 Å². The Morgan fingerprint density at radius 3 is 2.58 bits per heavy atom. The van der Waals surface area contributed by atoms with Crippen molar-refractivity contribution in [2.75, 3.05) is 17.7 Å². The molecule has 12 heteroatoms. The summed E-state index contributed by atoms with van der Waals surface area (Å²) in [6.45, 7) is 4.54. The molecule has 0 saturated heterocycles. The quantitative estimate of drug-likeness (QED) is 0.368. The summed E-state index contributed by atoms with van der Waals surface area (Å²) in [6, 6.07) is 8.42. The largest absolute Gasteiger partial charge is 0.493 e. The van der Waals surface area contributed by atoms with Gasteiger partial charge in [0.1, 0.15) is 18.0 Å². The number of fused-ring (bicyclic) bond motifs is 1. The minimum atomic E-state index is -4.69. The molecule has 202 valence electrons. The number of carbonyl (C=O) groups is 2. The molecule has 2 aromatic carbocycles. The number of amides is 2. The molecular weight excluding hydrogens is 505 g/mol. The number of nitrogens with one attached hydrogen (secondary N) is 3. The topological polar surface area (TPSA) is 115 Å². The molecule has 3 aromatic rings. The number of ether oxygens (including phenoxy) is 3. The molecule has 0 aliphatic carbocycles. The fraction of sp³-hybridized carbons (Fsp3) is 0.346. The van der Waals surface area contributed by atoms with E-state index in [1.807, 2.05) is 0 Å². The van der Waals surface area contributed by atoms with E-state index in [2.05, 4.69) is 20.8 Å². The molecule has 0 spiro atoms. The van der Waals surface area contributed by atoms with Gasteiger partial charge in [-0.3, -0.25) is 15.2 Å². The third-order valence-corrected chi connectivity index (χ3v) is 5.73. The maximum absolute atomic E-state index is 13.8. The van der Waals surface area contributed by atoms with Crippen molar-refractivity contribution in [1.29, 1.82) is 0 Å². The lowest BCUT2D eigenvalue weighted by Gasteiger charge is -2.23. The van der Waals surface area contributed by atoms with Gasteiger partial charge >= 0.3 is 12.3 Å². The molecule has 3 N–H and O–H groups in total. The number of hydrogen-bond acceptors (Lipinski definition) is 6. The summed E-state index contributed by atoms with van der Waals surface area (Å²) in [4.78, 5) is 24.1. The van der Waals surface area contributed by atoms with Gasteiger partial charge in [-0.05, 0) is 50.6 Å². The van der Waals surface area contributed by atoms with Gasteiger partial charge in [-0.25, -0.2) is 4.79 Å². The number of methoxy groups -OCH3 is 1. The zero-order chi connectivity index (χ0) is 27.7. The third kappa shape index (κ3) is 6.18. The summed E-state index contributed by atoms with van der Waals surface area (Å²) in [7, 11) is 1.42. The molecule has 1 atom stereocenters. The molecule has 2 heterocycles. The van der Waals surface area contributed by atoms with Crippen molar-refractivity contribution in [3.63, 3.8) is 0 Å². The second-order valence-electron chi connectivity index (χ2n) is 9.70. The van der Waals surface area contributed by atoms with Gasteiger partial charge in [-0.2, -0.15) is 18.3 Å². The van der Waals surface area contributed by atoms with Crippen LogP contribution < -0.4 is 20.1 Å². The number of hydrogen-bond donors (Lipinski definition) is 3. The Morgan fingerprint density at radius 1 is 1.13 bits per heavy atom. The van der Waals surface area contributed by atoms with Crippen molar-refractivity contribution in [3.05, 3.63) is 64.8 Å². The van der Waals surface area contributed by atoms with Gasteiger partial charge in [0.25, 0.3) is 0 Å². The van der Waals surface area contributed by atoms with Crippen LogP contribution in [0, 0.1) is 0 Å². The van der Waals surface area contributed by atoms with E-state index >= 15 is 0 Å². The molecule has 38 heavy (non-hydrogen) atoms. The summed E-state index contributed by atoms with van der Waals surface area (Å²) in [5.74, 6) is 0.607. The molecule has 2 amide bonds. The minimum absolute atomic E-state index is 0.0626. The van der Waals surface area contributed by atoms with Gasteiger partial charge in [-0.15, -0.1) is 0 Å². The molecule has 9 nitrogen and oxygen atoms in total. The summed E-state index contributed by atoms with van der Waals surface area (Å²) >= 11 is 0. The van der Waals surface area contributed by atoms with E-state index in [9.17, 15) is 22.8 Å². The SMILES string of the molecule is COc1cc(C2CC(=O)Nc3[nH]ncc32)ccc1OCc1ccc(NC(=O)OC(C)(C)C)cc1C(F)(F)F. The van der Waals surface area contributed by atoms with Gasteiger partial charge in [0.15, 0.2) is 11.5 Å². The van der Waals surface area contributed by atoms with E-state index in [1.54, 1.807) is 45.2 Å².